The number of aliphatic carboxylic acids is 1. The van der Waals surface area contributed by atoms with Gasteiger partial charge in [-0.1, -0.05) is 41.9 Å². The Morgan fingerprint density at radius 3 is 2.77 bits per heavy atom. The molecule has 2 aromatic heterocycles. The molecule has 4 rings (SSSR count). The number of benzene rings is 2. The van der Waals surface area contributed by atoms with Gasteiger partial charge in [0, 0.05) is 39.5 Å². The Hall–Kier alpha value is -2.81. The van der Waals surface area contributed by atoms with Gasteiger partial charge in [-0.3, -0.25) is 4.79 Å². The van der Waals surface area contributed by atoms with Crippen LogP contribution in [0.15, 0.2) is 60.1 Å². The van der Waals surface area contributed by atoms with Crippen molar-refractivity contribution in [2.75, 3.05) is 0 Å². The van der Waals surface area contributed by atoms with Crippen LogP contribution in [0.5, 0.6) is 0 Å². The monoisotopic (exact) mass is 473 g/mol. The smallest absolute Gasteiger partial charge is 0.326 e. The molecule has 4 aromatic rings. The van der Waals surface area contributed by atoms with Gasteiger partial charge in [0.05, 0.1) is 12.1 Å². The number of nitrogens with one attached hydrogen (secondary N) is 2. The van der Waals surface area contributed by atoms with Gasteiger partial charge >= 0.3 is 5.97 Å². The normalized spacial score (nSPS) is 11.6. The minimum Gasteiger partial charge on any atom is -0.480 e. The first-order valence-corrected chi connectivity index (χ1v) is 10.5. The molecule has 1 amide bonds. The van der Waals surface area contributed by atoms with Crippen molar-refractivity contribution in [3.63, 3.8) is 0 Å². The molecule has 0 aliphatic heterocycles. The van der Waals surface area contributed by atoms with E-state index in [4.69, 9.17) is 11.6 Å². The quantitative estimate of drug-likeness (QED) is 0.370. The standard InChI is InChI=1S/C22H18ClN3O3S.H2S/c23-15-5-3-4-13(8-15)21-25-16(12-30-21)10-20(27)26-19(22(28)29)9-14-11-24-18-7-2-1-6-17(14)18;/h1-8,11-12,19,24H,9-10H2,(H,26,27)(H,28,29);1H2/t19-;/m0./s1. The van der Waals surface area contributed by atoms with Crippen LogP contribution in [0.1, 0.15) is 11.3 Å². The topological polar surface area (TPSA) is 95.1 Å². The van der Waals surface area contributed by atoms with Crippen LogP contribution < -0.4 is 5.32 Å². The van der Waals surface area contributed by atoms with Crippen molar-refractivity contribution in [2.45, 2.75) is 18.9 Å². The molecular formula is C22H20ClN3O3S2. The summed E-state index contributed by atoms with van der Waals surface area (Å²) in [6.45, 7) is 0. The molecule has 160 valence electrons. The van der Waals surface area contributed by atoms with E-state index in [1.807, 2.05) is 42.5 Å². The predicted molar refractivity (Wildman–Crippen MR) is 128 cm³/mol. The van der Waals surface area contributed by atoms with E-state index in [-0.39, 0.29) is 32.2 Å². The van der Waals surface area contributed by atoms with E-state index in [9.17, 15) is 14.7 Å². The summed E-state index contributed by atoms with van der Waals surface area (Å²) in [5.41, 5.74) is 3.24. The molecule has 1 atom stereocenters. The molecule has 0 fully saturated rings. The van der Waals surface area contributed by atoms with E-state index < -0.39 is 12.0 Å². The average Bonchev–Trinajstić information content (AvgIpc) is 3.35. The van der Waals surface area contributed by atoms with Gasteiger partial charge in [-0.15, -0.1) is 11.3 Å². The number of thiazole rings is 1. The zero-order valence-corrected chi connectivity index (χ0v) is 18.8. The van der Waals surface area contributed by atoms with Crippen LogP contribution >= 0.6 is 36.4 Å². The fourth-order valence-electron chi connectivity index (χ4n) is 3.27. The zero-order chi connectivity index (χ0) is 21.1. The number of aromatic amines is 1. The second-order valence-corrected chi connectivity index (χ2v) is 8.15. The Balaban J connectivity index is 0.00000272. The molecule has 3 N–H and O–H groups in total. The van der Waals surface area contributed by atoms with Gasteiger partial charge in [-0.25, -0.2) is 9.78 Å². The molecule has 2 heterocycles. The van der Waals surface area contributed by atoms with Crippen molar-refractivity contribution in [3.8, 4) is 10.6 Å². The van der Waals surface area contributed by atoms with Crippen LogP contribution in [0.25, 0.3) is 21.5 Å². The van der Waals surface area contributed by atoms with Crippen LogP contribution in [-0.4, -0.2) is 33.0 Å². The summed E-state index contributed by atoms with van der Waals surface area (Å²) < 4.78 is 0. The third-order valence-corrected chi connectivity index (χ3v) is 5.87. The third-order valence-electron chi connectivity index (χ3n) is 4.70. The Bertz CT molecular complexity index is 1220. The van der Waals surface area contributed by atoms with Gasteiger partial charge in [0.1, 0.15) is 11.0 Å². The first kappa shape index (κ1) is 22.9. The van der Waals surface area contributed by atoms with Crippen molar-refractivity contribution < 1.29 is 14.7 Å². The van der Waals surface area contributed by atoms with Gasteiger partial charge in [0.15, 0.2) is 0 Å². The summed E-state index contributed by atoms with van der Waals surface area (Å²) in [5.74, 6) is -1.46. The summed E-state index contributed by atoms with van der Waals surface area (Å²) >= 11 is 7.44. The molecule has 0 unspecified atom stereocenters. The van der Waals surface area contributed by atoms with Crippen molar-refractivity contribution >= 4 is 59.2 Å². The lowest BCUT2D eigenvalue weighted by molar-refractivity contribution is -0.141. The van der Waals surface area contributed by atoms with E-state index in [0.29, 0.717) is 10.7 Å². The van der Waals surface area contributed by atoms with Crippen molar-refractivity contribution in [3.05, 3.63) is 76.4 Å². The molecular weight excluding hydrogens is 454 g/mol. The third kappa shape index (κ3) is 5.46. The number of nitrogens with zero attached hydrogens (tertiary/aromatic N) is 1. The van der Waals surface area contributed by atoms with Gasteiger partial charge in [0.2, 0.25) is 5.91 Å². The van der Waals surface area contributed by atoms with Gasteiger partial charge in [-0.05, 0) is 23.8 Å². The number of rotatable bonds is 7. The van der Waals surface area contributed by atoms with Crippen LogP contribution in [0.3, 0.4) is 0 Å². The second kappa shape index (κ2) is 10.00. The summed E-state index contributed by atoms with van der Waals surface area (Å²) in [5, 5.41) is 16.3. The lowest BCUT2D eigenvalue weighted by atomic mass is 10.0. The number of amides is 1. The highest BCUT2D eigenvalue weighted by molar-refractivity contribution is 7.59. The lowest BCUT2D eigenvalue weighted by Crippen LogP contribution is -2.43. The summed E-state index contributed by atoms with van der Waals surface area (Å²) in [4.78, 5) is 31.8. The number of para-hydroxylation sites is 1. The maximum absolute atomic E-state index is 12.5. The molecule has 0 saturated heterocycles. The number of halogens is 1. The van der Waals surface area contributed by atoms with Gasteiger partial charge in [0.25, 0.3) is 0 Å². The number of carbonyl (C=O) groups is 2. The molecule has 0 aliphatic carbocycles. The van der Waals surface area contributed by atoms with E-state index >= 15 is 0 Å². The molecule has 0 radical (unpaired) electrons. The Labute approximate surface area is 194 Å². The molecule has 31 heavy (non-hydrogen) atoms. The lowest BCUT2D eigenvalue weighted by Gasteiger charge is -2.14. The summed E-state index contributed by atoms with van der Waals surface area (Å²) in [7, 11) is 0. The number of H-pyrrole nitrogens is 1. The van der Waals surface area contributed by atoms with E-state index in [2.05, 4.69) is 15.3 Å². The molecule has 0 saturated carbocycles. The Morgan fingerprint density at radius 2 is 2.00 bits per heavy atom. The number of hydrogen-bond donors (Lipinski definition) is 3. The minimum absolute atomic E-state index is 0. The Kier molecular flexibility index (Phi) is 7.37. The molecule has 2 aromatic carbocycles. The molecule has 6 nitrogen and oxygen atoms in total. The van der Waals surface area contributed by atoms with E-state index in [1.54, 1.807) is 17.6 Å². The maximum atomic E-state index is 12.5. The number of carboxylic acid groups (broad SMARTS) is 1. The van der Waals surface area contributed by atoms with E-state index in [0.717, 1.165) is 27.0 Å². The van der Waals surface area contributed by atoms with Crippen LogP contribution in [0, 0.1) is 0 Å². The number of fused-ring (bicyclic) bond motifs is 1. The number of hydrogen-bond acceptors (Lipinski definition) is 4. The highest BCUT2D eigenvalue weighted by atomic mass is 35.5. The highest BCUT2D eigenvalue weighted by Gasteiger charge is 2.22. The zero-order valence-electron chi connectivity index (χ0n) is 16.3. The van der Waals surface area contributed by atoms with Crippen LogP contribution in [-0.2, 0) is 22.4 Å². The summed E-state index contributed by atoms with van der Waals surface area (Å²) in [6, 6.07) is 14.0. The number of carbonyl (C=O) groups excluding carboxylic acids is 1. The second-order valence-electron chi connectivity index (χ2n) is 6.85. The van der Waals surface area contributed by atoms with E-state index in [1.165, 1.54) is 11.3 Å². The fourth-order valence-corrected chi connectivity index (χ4v) is 4.28. The SMILES string of the molecule is O=C(Cc1csc(-c2cccc(Cl)c2)n1)N[C@@H](Cc1c[nH]c2ccccc12)C(=O)O.S. The molecule has 9 heteroatoms. The van der Waals surface area contributed by atoms with Gasteiger partial charge < -0.3 is 15.4 Å². The molecule has 0 spiro atoms. The molecule has 0 bridgehead atoms. The van der Waals surface area contributed by atoms with Crippen LogP contribution in [0.4, 0.5) is 0 Å². The fraction of sp³-hybridized carbons (Fsp3) is 0.136. The first-order chi connectivity index (χ1) is 14.5. The van der Waals surface area contributed by atoms with Crippen molar-refractivity contribution in [1.29, 1.82) is 0 Å². The number of aromatic nitrogens is 2. The number of carboxylic acids is 1. The largest absolute Gasteiger partial charge is 0.480 e. The van der Waals surface area contributed by atoms with Crippen molar-refractivity contribution in [2.24, 2.45) is 0 Å². The highest BCUT2D eigenvalue weighted by Crippen LogP contribution is 2.26. The van der Waals surface area contributed by atoms with Crippen LogP contribution in [0.2, 0.25) is 5.02 Å². The Morgan fingerprint density at radius 1 is 1.19 bits per heavy atom. The van der Waals surface area contributed by atoms with Crippen molar-refractivity contribution in [1.82, 2.24) is 15.3 Å². The minimum atomic E-state index is -1.08. The molecule has 0 aliphatic rings. The first-order valence-electron chi connectivity index (χ1n) is 9.27. The maximum Gasteiger partial charge on any atom is 0.326 e. The average molecular weight is 474 g/mol. The summed E-state index contributed by atoms with van der Waals surface area (Å²) in [6.07, 6.45) is 1.98. The predicted octanol–water partition coefficient (Wildman–Crippen LogP) is 4.41. The van der Waals surface area contributed by atoms with Gasteiger partial charge in [-0.2, -0.15) is 13.5 Å².